The van der Waals surface area contributed by atoms with Gasteiger partial charge in [0.05, 0.1) is 12.7 Å². The number of aromatic carboxylic acids is 1. The molecule has 2 aromatic rings. The number of carboxylic acid groups (broad SMARTS) is 1. The molecule has 5 N–H and O–H groups in total. The van der Waals surface area contributed by atoms with E-state index < -0.39 is 5.97 Å². The highest BCUT2D eigenvalue weighted by Crippen LogP contribution is 2.44. The number of amides is 1. The molecule has 1 aromatic heterocycles. The summed E-state index contributed by atoms with van der Waals surface area (Å²) >= 11 is 1.36. The molecule has 1 aliphatic rings. The minimum atomic E-state index is -1.01. The molecule has 28 heavy (non-hydrogen) atoms. The SMILES string of the molecule is COc1ccc(C(=O)Nc2sc3c(c2C(=O)O)CC(C)(C)CC3)c(CNN)c1. The fourth-order valence-electron chi connectivity index (χ4n) is 3.58. The lowest BCUT2D eigenvalue weighted by Crippen LogP contribution is -2.24. The monoisotopic (exact) mass is 403 g/mol. The zero-order valence-corrected chi connectivity index (χ0v) is 17.0. The topological polar surface area (TPSA) is 114 Å². The highest BCUT2D eigenvalue weighted by atomic mass is 32.1. The zero-order chi connectivity index (χ0) is 20.5. The van der Waals surface area contributed by atoms with Gasteiger partial charge in [-0.05, 0) is 54.0 Å². The minimum absolute atomic E-state index is 0.0511. The van der Waals surface area contributed by atoms with E-state index in [-0.39, 0.29) is 23.4 Å². The fourth-order valence-corrected chi connectivity index (χ4v) is 4.78. The molecule has 8 heteroatoms. The van der Waals surface area contributed by atoms with Crippen LogP contribution in [0.5, 0.6) is 5.75 Å². The number of thiophene rings is 1. The Kier molecular flexibility index (Phi) is 5.74. The van der Waals surface area contributed by atoms with Gasteiger partial charge in [-0.2, -0.15) is 0 Å². The van der Waals surface area contributed by atoms with Crippen LogP contribution in [-0.4, -0.2) is 24.1 Å². The van der Waals surface area contributed by atoms with E-state index >= 15 is 0 Å². The third kappa shape index (κ3) is 4.04. The van der Waals surface area contributed by atoms with Crippen LogP contribution in [0.3, 0.4) is 0 Å². The van der Waals surface area contributed by atoms with E-state index in [2.05, 4.69) is 24.6 Å². The number of rotatable bonds is 6. The molecule has 0 unspecified atom stereocenters. The smallest absolute Gasteiger partial charge is 0.339 e. The first-order valence-electron chi connectivity index (χ1n) is 9.05. The Morgan fingerprint density at radius 2 is 2.11 bits per heavy atom. The predicted octanol–water partition coefficient (Wildman–Crippen LogP) is 3.19. The van der Waals surface area contributed by atoms with Gasteiger partial charge >= 0.3 is 5.97 Å². The molecule has 1 heterocycles. The van der Waals surface area contributed by atoms with E-state index in [1.165, 1.54) is 11.3 Å². The number of benzene rings is 1. The molecule has 0 saturated carbocycles. The first kappa shape index (κ1) is 20.3. The lowest BCUT2D eigenvalue weighted by atomic mass is 9.76. The first-order valence-corrected chi connectivity index (χ1v) is 9.87. The summed E-state index contributed by atoms with van der Waals surface area (Å²) in [6.45, 7) is 4.56. The molecule has 0 bridgehead atoms. The van der Waals surface area contributed by atoms with Crippen molar-refractivity contribution in [3.8, 4) is 5.75 Å². The molecule has 0 spiro atoms. The molecule has 1 amide bonds. The van der Waals surface area contributed by atoms with Gasteiger partial charge in [-0.3, -0.25) is 16.1 Å². The fraction of sp³-hybridized carbons (Fsp3) is 0.400. The molecule has 0 fully saturated rings. The second-order valence-corrected chi connectivity index (χ2v) is 8.82. The molecular formula is C20H25N3O4S. The summed E-state index contributed by atoms with van der Waals surface area (Å²) in [5.41, 5.74) is 4.75. The Balaban J connectivity index is 1.95. The van der Waals surface area contributed by atoms with Crippen LogP contribution in [0.25, 0.3) is 0 Å². The van der Waals surface area contributed by atoms with Crippen LogP contribution < -0.4 is 21.3 Å². The van der Waals surface area contributed by atoms with Gasteiger partial charge in [-0.25, -0.2) is 4.79 Å². The van der Waals surface area contributed by atoms with Gasteiger partial charge in [0.1, 0.15) is 10.8 Å². The van der Waals surface area contributed by atoms with Crippen molar-refractivity contribution in [2.45, 2.75) is 39.7 Å². The van der Waals surface area contributed by atoms with Crippen molar-refractivity contribution in [2.24, 2.45) is 11.3 Å². The number of carbonyl (C=O) groups excluding carboxylic acids is 1. The molecule has 7 nitrogen and oxygen atoms in total. The van der Waals surface area contributed by atoms with Crippen molar-refractivity contribution in [3.05, 3.63) is 45.3 Å². The maximum atomic E-state index is 12.9. The standard InChI is InChI=1S/C20H25N3O4S/c1-20(2)7-6-15-14(9-20)16(19(25)26)18(28-15)23-17(24)13-5-4-12(27-3)8-11(13)10-22-21/h4-5,8,22H,6-7,9-10,21H2,1-3H3,(H,23,24)(H,25,26). The molecule has 1 aromatic carbocycles. The average Bonchev–Trinajstić information content (AvgIpc) is 2.97. The van der Waals surface area contributed by atoms with Gasteiger partial charge in [0.15, 0.2) is 0 Å². The Morgan fingerprint density at radius 3 is 2.75 bits per heavy atom. The van der Waals surface area contributed by atoms with E-state index in [1.807, 2.05) is 0 Å². The summed E-state index contributed by atoms with van der Waals surface area (Å²) < 4.78 is 5.20. The first-order chi connectivity index (χ1) is 13.3. The Hall–Kier alpha value is -2.42. The number of hydrogen-bond acceptors (Lipinski definition) is 6. The van der Waals surface area contributed by atoms with E-state index in [9.17, 15) is 14.7 Å². The highest BCUT2D eigenvalue weighted by Gasteiger charge is 2.33. The van der Waals surface area contributed by atoms with Crippen LogP contribution in [0.4, 0.5) is 5.00 Å². The number of hydrogen-bond donors (Lipinski definition) is 4. The lowest BCUT2D eigenvalue weighted by Gasteiger charge is -2.29. The third-order valence-corrected chi connectivity index (χ3v) is 6.27. The second kappa shape index (κ2) is 7.90. The normalized spacial score (nSPS) is 15.0. The predicted molar refractivity (Wildman–Crippen MR) is 109 cm³/mol. The Morgan fingerprint density at radius 1 is 1.36 bits per heavy atom. The molecule has 1 aliphatic carbocycles. The van der Waals surface area contributed by atoms with Gasteiger partial charge in [-0.1, -0.05) is 13.8 Å². The summed E-state index contributed by atoms with van der Waals surface area (Å²) in [5.74, 6) is 4.67. The van der Waals surface area contributed by atoms with Crippen LogP contribution in [0.1, 0.15) is 57.0 Å². The van der Waals surface area contributed by atoms with Crippen molar-refractivity contribution in [1.29, 1.82) is 0 Å². The summed E-state index contributed by atoms with van der Waals surface area (Å²) in [5, 5.41) is 13.0. The number of carbonyl (C=O) groups is 2. The zero-order valence-electron chi connectivity index (χ0n) is 16.2. The molecular weight excluding hydrogens is 378 g/mol. The molecule has 150 valence electrons. The summed E-state index contributed by atoms with van der Waals surface area (Å²) in [4.78, 5) is 25.9. The summed E-state index contributed by atoms with van der Waals surface area (Å²) in [6, 6.07) is 5.07. The molecule has 0 aliphatic heterocycles. The Labute approximate surface area is 167 Å². The largest absolute Gasteiger partial charge is 0.497 e. The van der Waals surface area contributed by atoms with Gasteiger partial charge in [-0.15, -0.1) is 11.3 Å². The van der Waals surface area contributed by atoms with Crippen LogP contribution in [0, 0.1) is 5.41 Å². The maximum absolute atomic E-state index is 12.9. The van der Waals surface area contributed by atoms with Crippen LogP contribution in [-0.2, 0) is 19.4 Å². The van der Waals surface area contributed by atoms with E-state index in [0.717, 1.165) is 23.3 Å². The highest BCUT2D eigenvalue weighted by molar-refractivity contribution is 7.17. The van der Waals surface area contributed by atoms with Gasteiger partial charge in [0.2, 0.25) is 0 Å². The van der Waals surface area contributed by atoms with Gasteiger partial charge in [0, 0.05) is 17.0 Å². The number of aryl methyl sites for hydroxylation is 1. The van der Waals surface area contributed by atoms with Crippen molar-refractivity contribution in [1.82, 2.24) is 5.43 Å². The molecule has 0 radical (unpaired) electrons. The number of carboxylic acids is 1. The quantitative estimate of drug-likeness (QED) is 0.435. The second-order valence-electron chi connectivity index (χ2n) is 7.71. The lowest BCUT2D eigenvalue weighted by molar-refractivity contribution is 0.0696. The number of anilines is 1. The van der Waals surface area contributed by atoms with E-state index in [4.69, 9.17) is 10.6 Å². The van der Waals surface area contributed by atoms with Crippen LogP contribution >= 0.6 is 11.3 Å². The number of hydrazine groups is 1. The van der Waals surface area contributed by atoms with Gasteiger partial charge < -0.3 is 15.2 Å². The molecule has 0 atom stereocenters. The maximum Gasteiger partial charge on any atom is 0.339 e. The number of nitrogens with one attached hydrogen (secondary N) is 2. The average molecular weight is 404 g/mol. The number of fused-ring (bicyclic) bond motifs is 1. The number of methoxy groups -OCH3 is 1. The number of nitrogens with two attached hydrogens (primary N) is 1. The Bertz CT molecular complexity index is 920. The number of ether oxygens (including phenoxy) is 1. The van der Waals surface area contributed by atoms with E-state index in [0.29, 0.717) is 28.3 Å². The third-order valence-electron chi connectivity index (χ3n) is 5.07. The van der Waals surface area contributed by atoms with Crippen molar-refractivity contribution in [3.63, 3.8) is 0 Å². The van der Waals surface area contributed by atoms with Crippen molar-refractivity contribution < 1.29 is 19.4 Å². The van der Waals surface area contributed by atoms with Crippen molar-refractivity contribution in [2.75, 3.05) is 12.4 Å². The van der Waals surface area contributed by atoms with Crippen LogP contribution in [0.15, 0.2) is 18.2 Å². The van der Waals surface area contributed by atoms with E-state index in [1.54, 1.807) is 25.3 Å². The summed E-state index contributed by atoms with van der Waals surface area (Å²) in [6.07, 6.45) is 2.52. The molecule has 0 saturated heterocycles. The summed E-state index contributed by atoms with van der Waals surface area (Å²) in [7, 11) is 1.55. The molecule has 3 rings (SSSR count). The van der Waals surface area contributed by atoms with Gasteiger partial charge in [0.25, 0.3) is 5.91 Å². The van der Waals surface area contributed by atoms with Crippen molar-refractivity contribution >= 4 is 28.2 Å². The van der Waals surface area contributed by atoms with Crippen LogP contribution in [0.2, 0.25) is 0 Å². The minimum Gasteiger partial charge on any atom is -0.497 e.